The Morgan fingerprint density at radius 1 is 1.20 bits per heavy atom. The Morgan fingerprint density at radius 2 is 1.90 bits per heavy atom. The molecular weight excluding hydrogens is 263 g/mol. The zero-order valence-electron chi connectivity index (χ0n) is 11.8. The van der Waals surface area contributed by atoms with Crippen molar-refractivity contribution in [1.29, 1.82) is 0 Å². The van der Waals surface area contributed by atoms with Crippen LogP contribution in [0.1, 0.15) is 19.8 Å². The highest BCUT2D eigenvalue weighted by Crippen LogP contribution is 2.35. The summed E-state index contributed by atoms with van der Waals surface area (Å²) in [6.07, 6.45) is 2.10. The molecule has 0 aromatic heterocycles. The Labute approximate surface area is 118 Å². The zero-order valence-corrected chi connectivity index (χ0v) is 11.8. The molecule has 2 saturated heterocycles. The molecule has 3 rings (SSSR count). The molecule has 1 aromatic rings. The Morgan fingerprint density at radius 3 is 2.55 bits per heavy atom. The van der Waals surface area contributed by atoms with Gasteiger partial charge in [0, 0.05) is 6.54 Å². The van der Waals surface area contributed by atoms with E-state index in [1.807, 2.05) is 0 Å². The third-order valence-corrected chi connectivity index (χ3v) is 4.79. The van der Waals surface area contributed by atoms with Gasteiger partial charge in [-0.15, -0.1) is 0 Å². The molecule has 0 spiro atoms. The molecule has 20 heavy (non-hydrogen) atoms. The first-order valence-corrected chi connectivity index (χ1v) is 7.37. The van der Waals surface area contributed by atoms with Crippen LogP contribution in [0.2, 0.25) is 0 Å². The largest absolute Gasteiger partial charge is 0.505 e. The quantitative estimate of drug-likeness (QED) is 0.784. The lowest BCUT2D eigenvalue weighted by atomic mass is 9.60. The van der Waals surface area contributed by atoms with Crippen molar-refractivity contribution in [2.24, 2.45) is 0 Å². The molecule has 0 unspecified atom stereocenters. The van der Waals surface area contributed by atoms with Crippen LogP contribution in [0, 0.1) is 11.6 Å². The van der Waals surface area contributed by atoms with E-state index in [0.717, 1.165) is 38.5 Å². The highest BCUT2D eigenvalue weighted by atomic mass is 19.1. The van der Waals surface area contributed by atoms with Gasteiger partial charge in [-0.2, -0.15) is 0 Å². The van der Waals surface area contributed by atoms with E-state index >= 15 is 0 Å². The number of halogens is 2. The molecule has 2 aliphatic rings. The summed E-state index contributed by atoms with van der Waals surface area (Å²) in [4.78, 5) is 0. The van der Waals surface area contributed by atoms with E-state index < -0.39 is 18.3 Å². The van der Waals surface area contributed by atoms with Crippen LogP contribution in [-0.4, -0.2) is 43.9 Å². The molecular formula is C14H20BF2NO2. The molecule has 0 radical (unpaired) electrons. The second kappa shape index (κ2) is 5.09. The Bertz CT molecular complexity index is 502. The molecule has 110 valence electrons. The van der Waals surface area contributed by atoms with Crippen molar-refractivity contribution in [3.05, 3.63) is 29.8 Å². The third-order valence-electron chi connectivity index (χ3n) is 4.79. The summed E-state index contributed by atoms with van der Waals surface area (Å²) in [5.74, 6) is -0.883. The first kappa shape index (κ1) is 14.0. The lowest BCUT2D eigenvalue weighted by Crippen LogP contribution is -2.70. The molecule has 0 amide bonds. The maximum Gasteiger partial charge on any atom is 0.505 e. The third kappa shape index (κ3) is 1.90. The van der Waals surface area contributed by atoms with Crippen molar-refractivity contribution >= 4 is 12.1 Å². The van der Waals surface area contributed by atoms with Crippen LogP contribution < -0.4 is 5.46 Å². The number of rotatable bonds is 4. The number of benzene rings is 1. The lowest BCUT2D eigenvalue weighted by Gasteiger charge is -2.47. The zero-order chi connectivity index (χ0) is 14.2. The second-order valence-corrected chi connectivity index (χ2v) is 5.82. The van der Waals surface area contributed by atoms with Gasteiger partial charge in [-0.25, -0.2) is 8.78 Å². The van der Waals surface area contributed by atoms with Crippen LogP contribution in [0.15, 0.2) is 18.2 Å². The van der Waals surface area contributed by atoms with Gasteiger partial charge in [-0.1, -0.05) is 13.3 Å². The predicted molar refractivity (Wildman–Crippen MR) is 73.4 cm³/mol. The molecule has 6 heteroatoms. The summed E-state index contributed by atoms with van der Waals surface area (Å²) >= 11 is 0. The lowest BCUT2D eigenvalue weighted by molar-refractivity contribution is -0.820. The number of unbranched alkanes of at least 4 members (excludes halogenated alkanes) is 1. The maximum absolute atomic E-state index is 14.2. The fraction of sp³-hybridized carbons (Fsp3) is 0.571. The normalized spacial score (nSPS) is 32.5. The minimum Gasteiger partial charge on any atom is -0.505 e. The molecule has 0 bridgehead atoms. The summed E-state index contributed by atoms with van der Waals surface area (Å²) in [5, 5.41) is 0. The Balaban J connectivity index is 2.06. The van der Waals surface area contributed by atoms with Gasteiger partial charge in [-0.3, -0.25) is 0 Å². The van der Waals surface area contributed by atoms with E-state index in [-0.39, 0.29) is 5.46 Å². The van der Waals surface area contributed by atoms with Crippen LogP contribution >= 0.6 is 0 Å². The van der Waals surface area contributed by atoms with Gasteiger partial charge in [0.2, 0.25) is 0 Å². The highest BCUT2D eigenvalue weighted by Gasteiger charge is 2.60. The van der Waals surface area contributed by atoms with Crippen molar-refractivity contribution in [1.82, 2.24) is 0 Å². The van der Waals surface area contributed by atoms with E-state index in [9.17, 15) is 8.78 Å². The van der Waals surface area contributed by atoms with Gasteiger partial charge in [0.15, 0.2) is 0 Å². The van der Waals surface area contributed by atoms with Crippen molar-refractivity contribution in [3.63, 3.8) is 0 Å². The predicted octanol–water partition coefficient (Wildman–Crippen LogP) is 1.79. The Kier molecular flexibility index (Phi) is 3.56. The van der Waals surface area contributed by atoms with E-state index in [1.165, 1.54) is 12.1 Å². The van der Waals surface area contributed by atoms with Gasteiger partial charge >= 0.3 is 6.69 Å². The van der Waals surface area contributed by atoms with E-state index in [4.69, 9.17) is 9.31 Å². The first-order chi connectivity index (χ1) is 9.63. The van der Waals surface area contributed by atoms with Crippen LogP contribution in [0.4, 0.5) is 8.78 Å². The summed E-state index contributed by atoms with van der Waals surface area (Å²) in [7, 11) is 0. The molecule has 0 saturated carbocycles. The SMILES string of the molecule is CCCC[N+]12CCO[B-]1(c1cc(F)ccc1F)OCC2. The monoisotopic (exact) mass is 283 g/mol. The smallest absolute Gasteiger partial charge is 0.505 e. The average Bonchev–Trinajstić information content (AvgIpc) is 2.95. The first-order valence-electron chi connectivity index (χ1n) is 7.37. The number of hydrogen-bond acceptors (Lipinski definition) is 2. The van der Waals surface area contributed by atoms with Crippen LogP contribution in [0.5, 0.6) is 0 Å². The minimum absolute atomic E-state index is 0.260. The second-order valence-electron chi connectivity index (χ2n) is 5.82. The highest BCUT2D eigenvalue weighted by molar-refractivity contribution is 6.75. The molecule has 0 N–H and O–H groups in total. The molecule has 0 atom stereocenters. The average molecular weight is 283 g/mol. The van der Waals surface area contributed by atoms with Gasteiger partial charge < -0.3 is 13.7 Å². The summed E-state index contributed by atoms with van der Waals surface area (Å²) in [5.41, 5.74) is 0.260. The van der Waals surface area contributed by atoms with Crippen LogP contribution in [-0.2, 0) is 9.31 Å². The topological polar surface area (TPSA) is 18.5 Å². The van der Waals surface area contributed by atoms with E-state index in [1.54, 1.807) is 0 Å². The van der Waals surface area contributed by atoms with Gasteiger partial charge in [0.25, 0.3) is 0 Å². The molecule has 2 heterocycles. The Hall–Kier alpha value is -0.975. The fourth-order valence-electron chi connectivity index (χ4n) is 3.74. The minimum atomic E-state index is -1.95. The van der Waals surface area contributed by atoms with Crippen molar-refractivity contribution in [2.75, 3.05) is 32.8 Å². The van der Waals surface area contributed by atoms with Crippen molar-refractivity contribution in [3.8, 4) is 0 Å². The molecule has 2 fully saturated rings. The van der Waals surface area contributed by atoms with E-state index in [2.05, 4.69) is 6.92 Å². The van der Waals surface area contributed by atoms with Gasteiger partial charge in [0.1, 0.15) is 5.82 Å². The molecule has 3 nitrogen and oxygen atoms in total. The van der Waals surface area contributed by atoms with Gasteiger partial charge in [0.05, 0.1) is 32.1 Å². The summed E-state index contributed by atoms with van der Waals surface area (Å²) in [6, 6.07) is 3.54. The van der Waals surface area contributed by atoms with Crippen LogP contribution in [0.3, 0.4) is 0 Å². The van der Waals surface area contributed by atoms with Gasteiger partial charge in [-0.05, 0) is 30.1 Å². The van der Waals surface area contributed by atoms with Crippen LogP contribution in [0.25, 0.3) is 0 Å². The summed E-state index contributed by atoms with van der Waals surface area (Å²) < 4.78 is 40.2. The molecule has 0 aliphatic carbocycles. The summed E-state index contributed by atoms with van der Waals surface area (Å²) in [6.45, 7) is 3.79. The molecule has 1 aromatic carbocycles. The number of hydrogen-bond donors (Lipinski definition) is 0. The van der Waals surface area contributed by atoms with E-state index in [0.29, 0.717) is 17.6 Å². The van der Waals surface area contributed by atoms with Crippen molar-refractivity contribution < 1.29 is 22.5 Å². The fourth-order valence-corrected chi connectivity index (χ4v) is 3.74. The number of fused-ring (bicyclic) bond motifs is 1. The standard InChI is InChI=1S/C14H20BF2NO2/c1-2-3-6-18-7-9-19-15(18,20-10-8-18)13-11-12(16)4-5-14(13)17/h4-5,11H,2-3,6-10H2,1H3. The number of nitrogens with zero attached hydrogens (tertiary/aromatic N) is 1. The molecule has 2 aliphatic heterocycles. The van der Waals surface area contributed by atoms with Crippen molar-refractivity contribution in [2.45, 2.75) is 19.8 Å². The number of quaternary nitrogens is 1. The maximum atomic E-state index is 14.2.